The Hall–Kier alpha value is -10.7. The van der Waals surface area contributed by atoms with E-state index >= 15 is 0 Å². The second-order valence-corrected chi connectivity index (χ2v) is 24.0. The Bertz CT molecular complexity index is 4210. The second kappa shape index (κ2) is 32.0. The maximum atomic E-state index is 12.2. The van der Waals surface area contributed by atoms with Crippen molar-refractivity contribution in [2.24, 2.45) is 15.1 Å². The van der Waals surface area contributed by atoms with Gasteiger partial charge >= 0.3 is 0 Å². The number of benzene rings is 4. The monoisotopic (exact) mass is 1300 g/mol. The topological polar surface area (TPSA) is 328 Å². The summed E-state index contributed by atoms with van der Waals surface area (Å²) >= 11 is 1.48. The molecule has 28 nitrogen and oxygen atoms in total. The summed E-state index contributed by atoms with van der Waals surface area (Å²) in [4.78, 5) is 73.9. The molecule has 3 aliphatic rings. The van der Waals surface area contributed by atoms with Crippen molar-refractivity contribution in [1.29, 1.82) is 0 Å². The minimum atomic E-state index is -0.271. The first-order valence-electron chi connectivity index (χ1n) is 30.2. The first kappa shape index (κ1) is 69.2. The van der Waals surface area contributed by atoms with Crippen LogP contribution < -0.4 is 35.7 Å². The summed E-state index contributed by atoms with van der Waals surface area (Å²) < 4.78 is 18.4. The van der Waals surface area contributed by atoms with E-state index in [4.69, 9.17) is 9.47 Å². The van der Waals surface area contributed by atoms with Crippen LogP contribution in [0.1, 0.15) is 149 Å². The van der Waals surface area contributed by atoms with Crippen LogP contribution in [-0.2, 0) is 51.5 Å². The van der Waals surface area contributed by atoms with Gasteiger partial charge in [0.15, 0.2) is 10.8 Å². The molecule has 12 rings (SSSR count). The molecule has 9 aromatic rings. The third-order valence-corrected chi connectivity index (χ3v) is 15.3. The average Bonchev–Trinajstić information content (AvgIpc) is 1.70. The van der Waals surface area contributed by atoms with E-state index in [2.05, 4.69) is 88.7 Å². The molecule has 5 amide bonds. The Morgan fingerprint density at radius 1 is 0.574 bits per heavy atom. The van der Waals surface area contributed by atoms with E-state index in [0.717, 1.165) is 55.4 Å². The standard InChI is InChI=1S/C17H21N5O2.C16H18N6O2.C16H19N5O2.C15H17N5OS.CH4/c1-11(2)22-10-13(20-21-22)6-17(23)19-9-16-15-7-14(24-3)5-4-12(15)8-18-16;1-11(2)21-10-12(18-20-21)8-15(23)17-14-9-16(24)22(19-14)13-6-4-3-5-7-13;1-10(2)21-9-15(19-20-21)16(22)18-8-14-13-6-12(23-3)5-4-11(13)7-17-14;1-9(2)20-8-11(18-19-20)7-14(21)17-15-16-12-5-4-10(3)6-13(12)22-15;/h4-5,7,10-11H,6,8-9H2,1-3H3,(H,19,23);3-7,10-11H,8-9H2,1-2H3,(H,17,19,23);4-6,9-10H,7-8H2,1-3H3,(H,18,22);4-6,8-9H,7H2,1-3H3,(H,16,17,21);1H4. The van der Waals surface area contributed by atoms with Crippen molar-refractivity contribution >= 4 is 79.2 Å². The van der Waals surface area contributed by atoms with Crippen molar-refractivity contribution < 1.29 is 33.4 Å². The van der Waals surface area contributed by atoms with Gasteiger partial charge in [-0.2, -0.15) is 10.1 Å². The molecule has 5 aromatic heterocycles. The van der Waals surface area contributed by atoms with Gasteiger partial charge in [-0.25, -0.2) is 23.7 Å². The lowest BCUT2D eigenvalue weighted by atomic mass is 10.1. The molecule has 0 atom stereocenters. The summed E-state index contributed by atoms with van der Waals surface area (Å²) in [6, 6.07) is 27.7. The lowest BCUT2D eigenvalue weighted by Gasteiger charge is -2.10. The van der Waals surface area contributed by atoms with Crippen molar-refractivity contribution in [3.63, 3.8) is 0 Å². The van der Waals surface area contributed by atoms with Crippen LogP contribution >= 0.6 is 11.3 Å². The van der Waals surface area contributed by atoms with Gasteiger partial charge in [-0.3, -0.25) is 34.0 Å². The number of aliphatic imine (C=N–C) groups is 2. The summed E-state index contributed by atoms with van der Waals surface area (Å²) in [5.41, 5.74) is 11.0. The fraction of sp³-hybridized carbons (Fsp3) is 0.369. The van der Waals surface area contributed by atoms with Crippen LogP contribution in [-0.4, -0.2) is 139 Å². The van der Waals surface area contributed by atoms with Crippen LogP contribution in [0, 0.1) is 6.92 Å². The molecule has 492 valence electrons. The van der Waals surface area contributed by atoms with E-state index in [-0.39, 0.29) is 86.8 Å². The highest BCUT2D eigenvalue weighted by Gasteiger charge is 2.27. The van der Waals surface area contributed by atoms with Crippen LogP contribution in [0.25, 0.3) is 10.2 Å². The third kappa shape index (κ3) is 18.5. The molecular weight excluding hydrogens is 1220 g/mol. The third-order valence-electron chi connectivity index (χ3n) is 14.4. The van der Waals surface area contributed by atoms with Crippen molar-refractivity contribution in [2.75, 3.05) is 37.6 Å². The maximum Gasteiger partial charge on any atom is 0.273 e. The SMILES string of the molecule is C.CC(C)n1cc(CC(=O)NC2=NN(c3ccccc3)C(=O)C2)nn1.COc1ccc2c(c1)C(CNC(=O)Cc1cn(C(C)C)nn1)=NC2.COc1ccc2c(c1)C(CNC(=O)c1cn(C(C)C)nn1)=NC2.Cc1ccc2nc(NC(=O)Cc3cn(C(C)C)nn3)sc2c1. The summed E-state index contributed by atoms with van der Waals surface area (Å²) in [5.74, 6) is 0.983. The number of aromatic nitrogens is 13. The van der Waals surface area contributed by atoms with Gasteiger partial charge < -0.3 is 30.7 Å². The van der Waals surface area contributed by atoms with Gasteiger partial charge in [0.25, 0.3) is 11.8 Å². The Labute approximate surface area is 548 Å². The predicted octanol–water partition coefficient (Wildman–Crippen LogP) is 7.99. The Kier molecular flexibility index (Phi) is 23.6. The number of anilines is 2. The Morgan fingerprint density at radius 2 is 1.06 bits per heavy atom. The van der Waals surface area contributed by atoms with Crippen LogP contribution in [0.15, 0.2) is 125 Å². The smallest absolute Gasteiger partial charge is 0.273 e. The van der Waals surface area contributed by atoms with E-state index in [1.807, 2.05) is 129 Å². The minimum absolute atomic E-state index is 0. The number of rotatable bonds is 19. The van der Waals surface area contributed by atoms with Gasteiger partial charge in [0.2, 0.25) is 17.7 Å². The molecule has 0 saturated heterocycles. The van der Waals surface area contributed by atoms with Gasteiger partial charge in [-0.15, -0.1) is 20.4 Å². The predicted molar refractivity (Wildman–Crippen MR) is 358 cm³/mol. The molecule has 94 heavy (non-hydrogen) atoms. The maximum absolute atomic E-state index is 12.2. The molecule has 3 aliphatic heterocycles. The van der Waals surface area contributed by atoms with E-state index in [9.17, 15) is 24.0 Å². The number of para-hydroxylation sites is 1. The van der Waals surface area contributed by atoms with Crippen molar-refractivity contribution in [3.05, 3.63) is 160 Å². The van der Waals surface area contributed by atoms with Crippen LogP contribution in [0.3, 0.4) is 0 Å². The number of nitrogens with one attached hydrogen (secondary N) is 4. The Balaban J connectivity index is 0.000000160. The molecule has 0 bridgehead atoms. The van der Waals surface area contributed by atoms with E-state index in [1.54, 1.807) is 69.9 Å². The number of hydrogen-bond donors (Lipinski definition) is 4. The molecule has 0 radical (unpaired) electrons. The van der Waals surface area contributed by atoms with Crippen LogP contribution in [0.4, 0.5) is 10.8 Å². The van der Waals surface area contributed by atoms with Crippen LogP contribution in [0.5, 0.6) is 11.5 Å². The molecule has 29 heteroatoms. The molecule has 0 fully saturated rings. The van der Waals surface area contributed by atoms with Gasteiger partial charge in [0, 0.05) is 53.9 Å². The van der Waals surface area contributed by atoms with Crippen molar-refractivity contribution in [3.8, 4) is 11.5 Å². The summed E-state index contributed by atoms with van der Waals surface area (Å²) in [5, 5.41) is 49.1. The lowest BCUT2D eigenvalue weighted by molar-refractivity contribution is -0.120. The van der Waals surface area contributed by atoms with Gasteiger partial charge in [0.1, 0.15) is 17.3 Å². The van der Waals surface area contributed by atoms with Crippen molar-refractivity contribution in [2.45, 2.75) is 133 Å². The minimum Gasteiger partial charge on any atom is -0.497 e. The van der Waals surface area contributed by atoms with E-state index in [0.29, 0.717) is 65.6 Å². The molecule has 4 N–H and O–H groups in total. The van der Waals surface area contributed by atoms with E-state index < -0.39 is 0 Å². The average molecular weight is 1300 g/mol. The number of carbonyl (C=O) groups excluding carboxylic acids is 5. The largest absolute Gasteiger partial charge is 0.497 e. The zero-order chi connectivity index (χ0) is 66.3. The lowest BCUT2D eigenvalue weighted by Crippen LogP contribution is -2.31. The number of hydrogen-bond acceptors (Lipinski definition) is 20. The molecule has 0 unspecified atom stereocenters. The number of amides is 5. The highest BCUT2D eigenvalue weighted by molar-refractivity contribution is 7.22. The molecule has 4 aromatic carbocycles. The first-order valence-corrected chi connectivity index (χ1v) is 31.0. The number of aryl methyl sites for hydroxylation is 1. The fourth-order valence-corrected chi connectivity index (χ4v) is 10.3. The van der Waals surface area contributed by atoms with Crippen LogP contribution in [0.2, 0.25) is 0 Å². The quantitative estimate of drug-likeness (QED) is 0.0596. The number of thiazole rings is 1. The molecule has 0 aliphatic carbocycles. The summed E-state index contributed by atoms with van der Waals surface area (Å²) in [6.45, 7) is 20.1. The highest BCUT2D eigenvalue weighted by atomic mass is 32.1. The molecule has 0 spiro atoms. The number of fused-ring (bicyclic) bond motifs is 3. The second-order valence-electron chi connectivity index (χ2n) is 22.9. The van der Waals surface area contributed by atoms with Gasteiger partial charge in [-0.05, 0) is 128 Å². The number of hydrazone groups is 1. The highest BCUT2D eigenvalue weighted by Crippen LogP contribution is 2.28. The number of methoxy groups -OCH3 is 2. The first-order chi connectivity index (χ1) is 44.7. The molecule has 0 saturated carbocycles. The Morgan fingerprint density at radius 3 is 1.56 bits per heavy atom. The summed E-state index contributed by atoms with van der Waals surface area (Å²) in [6.07, 6.45) is 7.55. The molecule has 8 heterocycles. The number of ether oxygens (including phenoxy) is 2. The van der Waals surface area contributed by atoms with Crippen molar-refractivity contribution in [1.82, 2.24) is 80.9 Å². The van der Waals surface area contributed by atoms with Gasteiger partial charge in [0.05, 0.1) is 117 Å². The molecular formula is C65H79N21O7S. The number of amidine groups is 1. The fourth-order valence-electron chi connectivity index (χ4n) is 9.30. The van der Waals surface area contributed by atoms with Gasteiger partial charge in [-0.1, -0.05) is 76.0 Å². The zero-order valence-electron chi connectivity index (χ0n) is 53.7. The zero-order valence-corrected chi connectivity index (χ0v) is 54.5. The number of nitrogens with zero attached hydrogens (tertiary/aromatic N) is 17. The normalized spacial score (nSPS) is 12.7. The number of carbonyl (C=O) groups is 5. The summed E-state index contributed by atoms with van der Waals surface area (Å²) in [7, 11) is 3.27. The van der Waals surface area contributed by atoms with E-state index in [1.165, 1.54) is 21.9 Å².